The van der Waals surface area contributed by atoms with Crippen molar-refractivity contribution in [2.24, 2.45) is 0 Å². The van der Waals surface area contributed by atoms with Crippen LogP contribution in [-0.4, -0.2) is 63.4 Å². The summed E-state index contributed by atoms with van der Waals surface area (Å²) in [6.07, 6.45) is 2.57. The molecule has 5 rings (SSSR count). The van der Waals surface area contributed by atoms with Gasteiger partial charge in [-0.1, -0.05) is 37.3 Å². The number of rotatable bonds is 4. The summed E-state index contributed by atoms with van der Waals surface area (Å²) in [6, 6.07) is 14.0. The van der Waals surface area contributed by atoms with E-state index in [-0.39, 0.29) is 35.2 Å². The summed E-state index contributed by atoms with van der Waals surface area (Å²) < 4.78 is 28.7. The minimum absolute atomic E-state index is 0.0262. The second-order valence-electron chi connectivity index (χ2n) is 9.94. The zero-order valence-corrected chi connectivity index (χ0v) is 20.5. The predicted molar refractivity (Wildman–Crippen MR) is 134 cm³/mol. The van der Waals surface area contributed by atoms with Crippen molar-refractivity contribution in [2.75, 3.05) is 26.2 Å². The van der Waals surface area contributed by atoms with Gasteiger partial charge in [-0.25, -0.2) is 13.6 Å². The van der Waals surface area contributed by atoms with Gasteiger partial charge in [-0.05, 0) is 55.0 Å². The van der Waals surface area contributed by atoms with E-state index >= 15 is 0 Å². The van der Waals surface area contributed by atoms with E-state index in [9.17, 15) is 18.7 Å². The Morgan fingerprint density at radius 2 is 1.69 bits per heavy atom. The highest BCUT2D eigenvalue weighted by molar-refractivity contribution is 5.75. The number of aliphatic hydroxyl groups excluding tert-OH is 1. The first-order valence-electron chi connectivity index (χ1n) is 12.7. The number of hydrogen-bond donors (Lipinski definition) is 2. The molecule has 2 unspecified atom stereocenters. The van der Waals surface area contributed by atoms with Gasteiger partial charge in [0, 0.05) is 43.7 Å². The van der Waals surface area contributed by atoms with Gasteiger partial charge in [-0.3, -0.25) is 5.10 Å². The molecule has 0 aliphatic carbocycles. The molecular weight excluding hydrogens is 462 g/mol. The first kappa shape index (κ1) is 24.4. The smallest absolute Gasteiger partial charge is 0.320 e. The van der Waals surface area contributed by atoms with Gasteiger partial charge in [0.25, 0.3) is 0 Å². The number of aromatic amines is 1. The number of carbonyl (C=O) groups is 1. The lowest BCUT2D eigenvalue weighted by molar-refractivity contribution is 0.0755. The molecule has 3 aromatic rings. The van der Waals surface area contributed by atoms with Gasteiger partial charge in [-0.2, -0.15) is 5.10 Å². The van der Waals surface area contributed by atoms with Crippen molar-refractivity contribution in [1.29, 1.82) is 0 Å². The highest BCUT2D eigenvalue weighted by Crippen LogP contribution is 2.37. The van der Waals surface area contributed by atoms with E-state index in [1.54, 1.807) is 6.07 Å². The van der Waals surface area contributed by atoms with E-state index in [4.69, 9.17) is 0 Å². The summed E-state index contributed by atoms with van der Waals surface area (Å²) in [6.45, 7) is 4.29. The molecule has 2 aromatic carbocycles. The van der Waals surface area contributed by atoms with Crippen LogP contribution < -0.4 is 0 Å². The molecule has 2 aliphatic heterocycles. The number of halogens is 2. The molecule has 0 saturated carbocycles. The highest BCUT2D eigenvalue weighted by Gasteiger charge is 2.35. The molecule has 0 spiro atoms. The predicted octanol–water partition coefficient (Wildman–Crippen LogP) is 5.07. The Morgan fingerprint density at radius 1 is 1.03 bits per heavy atom. The number of nitrogens with one attached hydrogen (secondary N) is 1. The number of hydrogen-bond acceptors (Lipinski definition) is 3. The topological polar surface area (TPSA) is 72.5 Å². The van der Waals surface area contributed by atoms with Crippen molar-refractivity contribution >= 4 is 6.03 Å². The van der Waals surface area contributed by atoms with Crippen LogP contribution in [0.2, 0.25) is 0 Å². The molecular formula is C28H32F2N4O2. The number of likely N-dealkylation sites (tertiary alicyclic amines) is 2. The molecule has 8 heteroatoms. The van der Waals surface area contributed by atoms with Crippen LogP contribution in [0.25, 0.3) is 11.3 Å². The molecule has 2 atom stereocenters. The maximum atomic E-state index is 14.4. The van der Waals surface area contributed by atoms with E-state index in [2.05, 4.69) is 41.4 Å². The number of H-pyrrole nitrogens is 1. The molecule has 2 amide bonds. The van der Waals surface area contributed by atoms with E-state index in [1.807, 2.05) is 9.80 Å². The van der Waals surface area contributed by atoms with Crippen molar-refractivity contribution in [2.45, 2.75) is 50.5 Å². The lowest BCUT2D eigenvalue weighted by atomic mass is 9.82. The zero-order chi connectivity index (χ0) is 25.2. The molecule has 3 heterocycles. The van der Waals surface area contributed by atoms with Crippen molar-refractivity contribution in [3.8, 4) is 11.3 Å². The summed E-state index contributed by atoms with van der Waals surface area (Å²) >= 11 is 0. The first-order chi connectivity index (χ1) is 17.4. The minimum atomic E-state index is -0.658. The monoisotopic (exact) mass is 494 g/mol. The number of urea groups is 1. The van der Waals surface area contributed by atoms with Crippen LogP contribution in [0, 0.1) is 11.6 Å². The van der Waals surface area contributed by atoms with E-state index in [0.717, 1.165) is 18.5 Å². The van der Waals surface area contributed by atoms with Gasteiger partial charge in [0.2, 0.25) is 0 Å². The van der Waals surface area contributed by atoms with Gasteiger partial charge in [0.15, 0.2) is 0 Å². The fourth-order valence-corrected chi connectivity index (χ4v) is 5.42. The average Bonchev–Trinajstić information content (AvgIpc) is 3.38. The fourth-order valence-electron chi connectivity index (χ4n) is 5.42. The third-order valence-corrected chi connectivity index (χ3v) is 7.57. The molecule has 2 aliphatic rings. The molecule has 0 bridgehead atoms. The largest absolute Gasteiger partial charge is 0.393 e. The first-order valence-corrected chi connectivity index (χ1v) is 12.7. The second-order valence-corrected chi connectivity index (χ2v) is 9.94. The number of carbonyl (C=O) groups excluding carboxylic acids is 1. The quantitative estimate of drug-likeness (QED) is 0.532. The Hall–Kier alpha value is -3.26. The molecule has 6 nitrogen and oxygen atoms in total. The van der Waals surface area contributed by atoms with E-state index < -0.39 is 11.6 Å². The molecule has 0 radical (unpaired) electrons. The van der Waals surface area contributed by atoms with Crippen LogP contribution in [0.3, 0.4) is 0 Å². The van der Waals surface area contributed by atoms with Crippen molar-refractivity contribution in [3.05, 3.63) is 77.0 Å². The van der Waals surface area contributed by atoms with Gasteiger partial charge in [0.05, 0.1) is 17.4 Å². The number of aryl methyl sites for hydroxylation is 1. The van der Waals surface area contributed by atoms with Crippen molar-refractivity contribution in [3.63, 3.8) is 0 Å². The molecule has 36 heavy (non-hydrogen) atoms. The van der Waals surface area contributed by atoms with Gasteiger partial charge < -0.3 is 14.9 Å². The van der Waals surface area contributed by atoms with Gasteiger partial charge in [0.1, 0.15) is 11.6 Å². The SMILES string of the molecule is CCc1ccc(C2CC(c3cc(-c4c(F)cccc4F)n[nH]3)CN(C(=O)N3CCC(O)CC3)C2)cc1. The van der Waals surface area contributed by atoms with Gasteiger partial charge >= 0.3 is 6.03 Å². The van der Waals surface area contributed by atoms with Crippen LogP contribution >= 0.6 is 0 Å². The van der Waals surface area contributed by atoms with Gasteiger partial charge in [-0.15, -0.1) is 0 Å². The normalized spacial score (nSPS) is 21.1. The average molecular weight is 495 g/mol. The van der Waals surface area contributed by atoms with Crippen LogP contribution in [0.4, 0.5) is 13.6 Å². The van der Waals surface area contributed by atoms with E-state index in [1.165, 1.54) is 29.3 Å². The standard InChI is InChI=1S/C28H32F2N4O2/c1-2-18-6-8-19(9-7-18)20-14-21(17-34(16-20)28(36)33-12-10-22(35)11-13-33)25-15-26(32-31-25)27-23(29)4-3-5-24(27)30/h3-9,15,20-22,35H,2,10-14,16-17H2,1H3,(H,31,32). The Balaban J connectivity index is 1.42. The molecule has 1 aromatic heterocycles. The summed E-state index contributed by atoms with van der Waals surface area (Å²) in [7, 11) is 0. The minimum Gasteiger partial charge on any atom is -0.393 e. The second kappa shape index (κ2) is 10.4. The summed E-state index contributed by atoms with van der Waals surface area (Å²) in [5.74, 6) is -1.26. The van der Waals surface area contributed by atoms with Crippen LogP contribution in [0.15, 0.2) is 48.5 Å². The van der Waals surface area contributed by atoms with E-state index in [0.29, 0.717) is 39.0 Å². The number of aromatic nitrogens is 2. The summed E-state index contributed by atoms with van der Waals surface area (Å²) in [5.41, 5.74) is 3.26. The number of benzene rings is 2. The number of nitrogens with zero attached hydrogens (tertiary/aromatic N) is 3. The maximum Gasteiger partial charge on any atom is 0.320 e. The summed E-state index contributed by atoms with van der Waals surface area (Å²) in [4.78, 5) is 17.2. The zero-order valence-electron chi connectivity index (χ0n) is 20.5. The van der Waals surface area contributed by atoms with Crippen molar-refractivity contribution < 1.29 is 18.7 Å². The Bertz CT molecular complexity index is 1180. The third kappa shape index (κ3) is 5.00. The van der Waals surface area contributed by atoms with Crippen LogP contribution in [0.5, 0.6) is 0 Å². The summed E-state index contributed by atoms with van der Waals surface area (Å²) in [5, 5.41) is 17.1. The fraction of sp³-hybridized carbons (Fsp3) is 0.429. The van der Waals surface area contributed by atoms with Crippen molar-refractivity contribution in [1.82, 2.24) is 20.0 Å². The molecule has 190 valence electrons. The lowest BCUT2D eigenvalue weighted by Crippen LogP contribution is -2.51. The number of amides is 2. The highest BCUT2D eigenvalue weighted by atomic mass is 19.1. The molecule has 2 N–H and O–H groups in total. The lowest BCUT2D eigenvalue weighted by Gasteiger charge is -2.41. The van der Waals surface area contributed by atoms with Crippen LogP contribution in [0.1, 0.15) is 54.8 Å². The number of piperidine rings is 2. The Labute approximate surface area is 209 Å². The number of aliphatic hydroxyl groups is 1. The molecule has 2 saturated heterocycles. The molecule has 2 fully saturated rings. The Kier molecular flexibility index (Phi) is 7.05. The van der Waals surface area contributed by atoms with Crippen LogP contribution in [-0.2, 0) is 6.42 Å². The Morgan fingerprint density at radius 3 is 2.36 bits per heavy atom. The maximum absolute atomic E-state index is 14.4. The third-order valence-electron chi connectivity index (χ3n) is 7.57.